The van der Waals surface area contributed by atoms with Crippen LogP contribution in [0.2, 0.25) is 0 Å². The quantitative estimate of drug-likeness (QED) is 0.764. The van der Waals surface area contributed by atoms with E-state index >= 15 is 0 Å². The average molecular weight is 242 g/mol. The van der Waals surface area contributed by atoms with Gasteiger partial charge in [-0.15, -0.1) is 11.3 Å². The second kappa shape index (κ2) is 6.62. The van der Waals surface area contributed by atoms with Gasteiger partial charge >= 0.3 is 0 Å². The molecule has 0 saturated carbocycles. The third-order valence-corrected chi connectivity index (χ3v) is 3.22. The molecule has 1 rings (SSSR count). The van der Waals surface area contributed by atoms with Crippen LogP contribution in [0, 0.1) is 0 Å². The van der Waals surface area contributed by atoms with Crippen LogP contribution in [-0.2, 0) is 9.53 Å². The molecule has 1 atom stereocenters. The lowest BCUT2D eigenvalue weighted by molar-refractivity contribution is -0.132. The zero-order chi connectivity index (χ0) is 12.0. The molecule has 0 spiro atoms. The Morgan fingerprint density at radius 1 is 1.69 bits per heavy atom. The Kier molecular flexibility index (Phi) is 5.45. The lowest BCUT2D eigenvalue weighted by atomic mass is 10.2. The van der Waals surface area contributed by atoms with Gasteiger partial charge in [0.25, 0.3) is 0 Å². The molecule has 2 N–H and O–H groups in total. The van der Waals surface area contributed by atoms with E-state index in [1.807, 2.05) is 24.4 Å². The molecule has 5 heteroatoms. The summed E-state index contributed by atoms with van der Waals surface area (Å²) in [6.07, 6.45) is 0. The van der Waals surface area contributed by atoms with Crippen LogP contribution in [0.5, 0.6) is 0 Å². The zero-order valence-electron chi connectivity index (χ0n) is 9.68. The maximum atomic E-state index is 11.9. The molecule has 1 aromatic rings. The van der Waals surface area contributed by atoms with Gasteiger partial charge in [-0.25, -0.2) is 0 Å². The van der Waals surface area contributed by atoms with Crippen LogP contribution in [0.4, 0.5) is 0 Å². The maximum Gasteiger partial charge on any atom is 0.244 e. The molecule has 1 aromatic heterocycles. The molecule has 0 aromatic carbocycles. The third-order valence-electron chi connectivity index (χ3n) is 2.27. The van der Waals surface area contributed by atoms with Crippen molar-refractivity contribution in [2.75, 3.05) is 26.8 Å². The van der Waals surface area contributed by atoms with E-state index in [1.54, 1.807) is 11.9 Å². The highest BCUT2D eigenvalue weighted by Crippen LogP contribution is 2.18. The van der Waals surface area contributed by atoms with Crippen LogP contribution < -0.4 is 5.73 Å². The molecule has 0 aliphatic heterocycles. The second-order valence-electron chi connectivity index (χ2n) is 3.45. The van der Waals surface area contributed by atoms with E-state index in [0.29, 0.717) is 19.8 Å². The molecule has 0 fully saturated rings. The minimum Gasteiger partial charge on any atom is -0.380 e. The Bertz CT molecular complexity index is 314. The monoisotopic (exact) mass is 242 g/mol. The van der Waals surface area contributed by atoms with Crippen molar-refractivity contribution in [3.8, 4) is 0 Å². The van der Waals surface area contributed by atoms with Gasteiger partial charge < -0.3 is 15.4 Å². The van der Waals surface area contributed by atoms with Crippen molar-refractivity contribution in [1.29, 1.82) is 0 Å². The SMILES string of the molecule is CCOCCN(C)C(=O)C(N)c1cccs1. The fourth-order valence-corrected chi connectivity index (χ4v) is 2.00. The normalized spacial score (nSPS) is 12.4. The lowest BCUT2D eigenvalue weighted by Gasteiger charge is -2.20. The predicted octanol–water partition coefficient (Wildman–Crippen LogP) is 1.24. The van der Waals surface area contributed by atoms with Crippen LogP contribution in [0.1, 0.15) is 17.8 Å². The summed E-state index contributed by atoms with van der Waals surface area (Å²) in [4.78, 5) is 14.4. The van der Waals surface area contributed by atoms with Crippen LogP contribution in [0.25, 0.3) is 0 Å². The van der Waals surface area contributed by atoms with Crippen LogP contribution in [-0.4, -0.2) is 37.6 Å². The van der Waals surface area contributed by atoms with Gasteiger partial charge in [0.2, 0.25) is 5.91 Å². The number of carbonyl (C=O) groups excluding carboxylic acids is 1. The molecular formula is C11H18N2O2S. The minimum atomic E-state index is -0.549. The smallest absolute Gasteiger partial charge is 0.244 e. The molecule has 0 aliphatic rings. The van der Waals surface area contributed by atoms with E-state index in [0.717, 1.165) is 4.88 Å². The summed E-state index contributed by atoms with van der Waals surface area (Å²) in [5.74, 6) is -0.0675. The Hall–Kier alpha value is -0.910. The summed E-state index contributed by atoms with van der Waals surface area (Å²) in [6.45, 7) is 3.72. The fraction of sp³-hybridized carbons (Fsp3) is 0.545. The molecule has 90 valence electrons. The number of hydrogen-bond acceptors (Lipinski definition) is 4. The van der Waals surface area contributed by atoms with Gasteiger partial charge in [-0.05, 0) is 18.4 Å². The highest BCUT2D eigenvalue weighted by Gasteiger charge is 2.20. The first-order valence-electron chi connectivity index (χ1n) is 5.28. The second-order valence-corrected chi connectivity index (χ2v) is 4.43. The molecule has 0 aliphatic carbocycles. The first-order valence-corrected chi connectivity index (χ1v) is 6.16. The van der Waals surface area contributed by atoms with Gasteiger partial charge in [-0.3, -0.25) is 4.79 Å². The number of likely N-dealkylation sites (N-methyl/N-ethyl adjacent to an activating group) is 1. The van der Waals surface area contributed by atoms with Gasteiger partial charge in [-0.1, -0.05) is 6.07 Å². The van der Waals surface area contributed by atoms with Gasteiger partial charge in [-0.2, -0.15) is 0 Å². The van der Waals surface area contributed by atoms with Crippen molar-refractivity contribution in [2.24, 2.45) is 5.73 Å². The van der Waals surface area contributed by atoms with Crippen molar-refractivity contribution in [2.45, 2.75) is 13.0 Å². The van der Waals surface area contributed by atoms with E-state index in [2.05, 4.69) is 0 Å². The standard InChI is InChI=1S/C11H18N2O2S/c1-3-15-7-6-13(2)11(14)10(12)9-5-4-8-16-9/h4-5,8,10H,3,6-7,12H2,1-2H3. The molecule has 1 heterocycles. The molecule has 1 amide bonds. The largest absolute Gasteiger partial charge is 0.380 e. The summed E-state index contributed by atoms with van der Waals surface area (Å²) in [7, 11) is 1.74. The predicted molar refractivity (Wildman–Crippen MR) is 65.4 cm³/mol. The highest BCUT2D eigenvalue weighted by atomic mass is 32.1. The summed E-state index contributed by atoms with van der Waals surface area (Å²) in [5.41, 5.74) is 5.87. The number of thiophene rings is 1. The Labute approximate surface area is 100 Å². The maximum absolute atomic E-state index is 11.9. The molecule has 16 heavy (non-hydrogen) atoms. The van der Waals surface area contributed by atoms with Gasteiger partial charge in [0.05, 0.1) is 6.61 Å². The van der Waals surface area contributed by atoms with Gasteiger partial charge in [0.1, 0.15) is 6.04 Å². The Morgan fingerprint density at radius 2 is 2.44 bits per heavy atom. The third kappa shape index (κ3) is 3.59. The van der Waals surface area contributed by atoms with Crippen LogP contribution in [0.3, 0.4) is 0 Å². The van der Waals surface area contributed by atoms with Crippen molar-refractivity contribution < 1.29 is 9.53 Å². The highest BCUT2D eigenvalue weighted by molar-refractivity contribution is 7.10. The number of carbonyl (C=O) groups is 1. The van der Waals surface area contributed by atoms with Crippen molar-refractivity contribution in [3.05, 3.63) is 22.4 Å². The van der Waals surface area contributed by atoms with Crippen molar-refractivity contribution >= 4 is 17.2 Å². The number of rotatable bonds is 6. The lowest BCUT2D eigenvalue weighted by Crippen LogP contribution is -2.37. The van der Waals surface area contributed by atoms with Gasteiger partial charge in [0, 0.05) is 25.1 Å². The Balaban J connectivity index is 2.44. The number of nitrogens with two attached hydrogens (primary N) is 1. The fourth-order valence-electron chi connectivity index (χ4n) is 1.28. The van der Waals surface area contributed by atoms with Crippen molar-refractivity contribution in [3.63, 3.8) is 0 Å². The van der Waals surface area contributed by atoms with Crippen LogP contribution >= 0.6 is 11.3 Å². The van der Waals surface area contributed by atoms with E-state index in [1.165, 1.54) is 11.3 Å². The van der Waals surface area contributed by atoms with E-state index in [4.69, 9.17) is 10.5 Å². The summed E-state index contributed by atoms with van der Waals surface area (Å²) >= 11 is 1.50. The molecule has 0 radical (unpaired) electrons. The van der Waals surface area contributed by atoms with E-state index < -0.39 is 6.04 Å². The van der Waals surface area contributed by atoms with Crippen molar-refractivity contribution in [1.82, 2.24) is 4.90 Å². The number of amides is 1. The molecular weight excluding hydrogens is 224 g/mol. The number of hydrogen-bond donors (Lipinski definition) is 1. The van der Waals surface area contributed by atoms with Crippen LogP contribution in [0.15, 0.2) is 17.5 Å². The average Bonchev–Trinajstić information content (AvgIpc) is 2.80. The Morgan fingerprint density at radius 3 is 3.00 bits per heavy atom. The zero-order valence-corrected chi connectivity index (χ0v) is 10.5. The van der Waals surface area contributed by atoms with Gasteiger partial charge in [0.15, 0.2) is 0 Å². The topological polar surface area (TPSA) is 55.6 Å². The molecule has 1 unspecified atom stereocenters. The summed E-state index contributed by atoms with van der Waals surface area (Å²) < 4.78 is 5.19. The molecule has 4 nitrogen and oxygen atoms in total. The minimum absolute atomic E-state index is 0.0675. The number of nitrogens with zero attached hydrogens (tertiary/aromatic N) is 1. The molecule has 0 bridgehead atoms. The van der Waals surface area contributed by atoms with E-state index in [-0.39, 0.29) is 5.91 Å². The first-order chi connectivity index (χ1) is 7.66. The summed E-state index contributed by atoms with van der Waals surface area (Å²) in [6, 6.07) is 3.23. The number of ether oxygens (including phenoxy) is 1. The molecule has 0 saturated heterocycles. The first kappa shape index (κ1) is 13.2. The van der Waals surface area contributed by atoms with E-state index in [9.17, 15) is 4.79 Å². The summed E-state index contributed by atoms with van der Waals surface area (Å²) in [5, 5.41) is 1.92.